The summed E-state index contributed by atoms with van der Waals surface area (Å²) in [7, 11) is 0. The molecule has 2 aromatic rings. The van der Waals surface area contributed by atoms with E-state index in [2.05, 4.69) is 66.1 Å². The Balaban J connectivity index is 1.70. The number of aryl methyl sites for hydroxylation is 2. The number of ether oxygens (including phenoxy) is 1. The van der Waals surface area contributed by atoms with E-state index in [4.69, 9.17) is 4.74 Å². The Morgan fingerprint density at radius 1 is 1.04 bits per heavy atom. The zero-order valence-corrected chi connectivity index (χ0v) is 17.4. The van der Waals surface area contributed by atoms with Crippen LogP contribution in [0.3, 0.4) is 0 Å². The molecule has 1 saturated heterocycles. The highest BCUT2D eigenvalue weighted by atomic mass is 32.2. The number of para-hydroxylation sites is 1. The van der Waals surface area contributed by atoms with E-state index in [-0.39, 0.29) is 12.2 Å². The molecule has 1 heterocycles. The number of anilines is 1. The highest BCUT2D eigenvalue weighted by Crippen LogP contribution is 2.37. The molecule has 27 heavy (non-hydrogen) atoms. The fourth-order valence-corrected chi connectivity index (χ4v) is 4.52. The van der Waals surface area contributed by atoms with Gasteiger partial charge in [0.2, 0.25) is 0 Å². The van der Waals surface area contributed by atoms with Crippen LogP contribution in [0.2, 0.25) is 0 Å². The third-order valence-corrected chi connectivity index (χ3v) is 6.16. The SMILES string of the molecule is CC(=O)OC(C)N1CCN(c2ccccc2Sc2ccc(C)cc2C)CC1. The average molecular weight is 385 g/mol. The summed E-state index contributed by atoms with van der Waals surface area (Å²) in [5.74, 6) is -0.222. The minimum Gasteiger partial charge on any atom is -0.447 e. The maximum atomic E-state index is 11.2. The first kappa shape index (κ1) is 19.8. The Labute approximate surface area is 166 Å². The van der Waals surface area contributed by atoms with Crippen molar-refractivity contribution in [2.45, 2.75) is 43.7 Å². The van der Waals surface area contributed by atoms with E-state index in [0.717, 1.165) is 26.2 Å². The Bertz CT molecular complexity index is 801. The van der Waals surface area contributed by atoms with Gasteiger partial charge >= 0.3 is 5.97 Å². The van der Waals surface area contributed by atoms with Crippen LogP contribution in [-0.4, -0.2) is 43.3 Å². The van der Waals surface area contributed by atoms with Crippen LogP contribution >= 0.6 is 11.8 Å². The van der Waals surface area contributed by atoms with Crippen LogP contribution in [0.25, 0.3) is 0 Å². The lowest BCUT2D eigenvalue weighted by atomic mass is 10.2. The topological polar surface area (TPSA) is 32.8 Å². The molecular weight excluding hydrogens is 356 g/mol. The van der Waals surface area contributed by atoms with E-state index < -0.39 is 0 Å². The predicted molar refractivity (Wildman–Crippen MR) is 111 cm³/mol. The molecule has 0 amide bonds. The van der Waals surface area contributed by atoms with Gasteiger partial charge in [0, 0.05) is 42.9 Å². The fraction of sp³-hybridized carbons (Fsp3) is 0.409. The van der Waals surface area contributed by atoms with E-state index in [0.29, 0.717) is 0 Å². The van der Waals surface area contributed by atoms with Gasteiger partial charge in [-0.05, 0) is 44.5 Å². The molecule has 0 radical (unpaired) electrons. The molecule has 1 aliphatic heterocycles. The maximum Gasteiger partial charge on any atom is 0.304 e. The van der Waals surface area contributed by atoms with Gasteiger partial charge in [0.15, 0.2) is 6.23 Å². The Morgan fingerprint density at radius 2 is 1.74 bits per heavy atom. The lowest BCUT2D eigenvalue weighted by Crippen LogP contribution is -2.50. The second-order valence-electron chi connectivity index (χ2n) is 7.07. The first-order valence-electron chi connectivity index (χ1n) is 9.44. The van der Waals surface area contributed by atoms with Crippen molar-refractivity contribution in [3.8, 4) is 0 Å². The van der Waals surface area contributed by atoms with Crippen LogP contribution in [0.1, 0.15) is 25.0 Å². The number of nitrogens with zero attached hydrogens (tertiary/aromatic N) is 2. The predicted octanol–water partition coefficient (Wildman–Crippen LogP) is 4.49. The van der Waals surface area contributed by atoms with Crippen molar-refractivity contribution >= 4 is 23.4 Å². The van der Waals surface area contributed by atoms with E-state index in [1.165, 1.54) is 33.5 Å². The first-order chi connectivity index (χ1) is 12.9. The third-order valence-electron chi connectivity index (χ3n) is 4.92. The largest absolute Gasteiger partial charge is 0.447 e. The summed E-state index contributed by atoms with van der Waals surface area (Å²) >= 11 is 1.83. The summed E-state index contributed by atoms with van der Waals surface area (Å²) in [5.41, 5.74) is 3.89. The number of esters is 1. The van der Waals surface area contributed by atoms with Gasteiger partial charge in [-0.15, -0.1) is 0 Å². The molecule has 1 fully saturated rings. The quantitative estimate of drug-likeness (QED) is 0.710. The van der Waals surface area contributed by atoms with Crippen molar-refractivity contribution in [1.82, 2.24) is 4.90 Å². The standard InChI is InChI=1S/C22H28N2O2S/c1-16-9-10-21(17(2)15-16)27-22-8-6-5-7-20(22)24-13-11-23(12-14-24)18(3)26-19(4)25/h5-10,15,18H,11-14H2,1-4H3. The zero-order valence-electron chi connectivity index (χ0n) is 16.6. The highest BCUT2D eigenvalue weighted by Gasteiger charge is 2.24. The number of piperazine rings is 1. The van der Waals surface area contributed by atoms with Gasteiger partial charge < -0.3 is 9.64 Å². The van der Waals surface area contributed by atoms with Gasteiger partial charge in [0.1, 0.15) is 0 Å². The molecule has 2 aromatic carbocycles. The fourth-order valence-electron chi connectivity index (χ4n) is 3.48. The van der Waals surface area contributed by atoms with Gasteiger partial charge in [-0.2, -0.15) is 0 Å². The van der Waals surface area contributed by atoms with Gasteiger partial charge in [-0.25, -0.2) is 0 Å². The number of hydrogen-bond acceptors (Lipinski definition) is 5. The van der Waals surface area contributed by atoms with E-state index >= 15 is 0 Å². The highest BCUT2D eigenvalue weighted by molar-refractivity contribution is 7.99. The lowest BCUT2D eigenvalue weighted by molar-refractivity contribution is -0.155. The second kappa shape index (κ2) is 8.81. The Hall–Kier alpha value is -1.98. The normalized spacial score (nSPS) is 16.2. The summed E-state index contributed by atoms with van der Waals surface area (Å²) in [6, 6.07) is 15.2. The van der Waals surface area contributed by atoms with Crippen LogP contribution in [-0.2, 0) is 9.53 Å². The Kier molecular flexibility index (Phi) is 6.45. The molecule has 4 nitrogen and oxygen atoms in total. The molecule has 1 aliphatic rings. The van der Waals surface area contributed by atoms with E-state index in [9.17, 15) is 4.79 Å². The Morgan fingerprint density at radius 3 is 2.41 bits per heavy atom. The summed E-state index contributed by atoms with van der Waals surface area (Å²) in [6.07, 6.45) is -0.163. The van der Waals surface area contributed by atoms with Gasteiger partial charge in [0.05, 0.1) is 5.69 Å². The molecule has 5 heteroatoms. The monoisotopic (exact) mass is 384 g/mol. The first-order valence-corrected chi connectivity index (χ1v) is 10.3. The van der Waals surface area contributed by atoms with Crippen LogP contribution in [0, 0.1) is 13.8 Å². The number of benzene rings is 2. The van der Waals surface area contributed by atoms with Crippen LogP contribution in [0.5, 0.6) is 0 Å². The minimum atomic E-state index is -0.222. The molecule has 144 valence electrons. The van der Waals surface area contributed by atoms with E-state index in [1.54, 1.807) is 0 Å². The van der Waals surface area contributed by atoms with Gasteiger partial charge in [-0.1, -0.05) is 41.6 Å². The van der Waals surface area contributed by atoms with Crippen LogP contribution < -0.4 is 4.90 Å². The van der Waals surface area contributed by atoms with Crippen molar-refractivity contribution in [2.24, 2.45) is 0 Å². The number of hydrogen-bond donors (Lipinski definition) is 0. The van der Waals surface area contributed by atoms with Crippen LogP contribution in [0.15, 0.2) is 52.3 Å². The molecule has 0 N–H and O–H groups in total. The maximum absolute atomic E-state index is 11.2. The third kappa shape index (κ3) is 5.05. The van der Waals surface area contributed by atoms with Gasteiger partial charge in [0.25, 0.3) is 0 Å². The smallest absolute Gasteiger partial charge is 0.304 e. The molecule has 1 unspecified atom stereocenters. The summed E-state index contributed by atoms with van der Waals surface area (Å²) < 4.78 is 5.32. The average Bonchev–Trinajstić information content (AvgIpc) is 2.64. The second-order valence-corrected chi connectivity index (χ2v) is 8.15. The molecule has 3 rings (SSSR count). The van der Waals surface area contributed by atoms with E-state index in [1.807, 2.05) is 18.7 Å². The summed E-state index contributed by atoms with van der Waals surface area (Å²) in [6.45, 7) is 11.3. The zero-order chi connectivity index (χ0) is 19.4. The van der Waals surface area contributed by atoms with Crippen molar-refractivity contribution in [3.05, 3.63) is 53.6 Å². The summed E-state index contributed by atoms with van der Waals surface area (Å²) in [5, 5.41) is 0. The number of rotatable bonds is 5. The number of carbonyl (C=O) groups excluding carboxylic acids is 1. The molecule has 0 bridgehead atoms. The van der Waals surface area contributed by atoms with Crippen molar-refractivity contribution in [3.63, 3.8) is 0 Å². The minimum absolute atomic E-state index is 0.163. The molecular formula is C22H28N2O2S. The molecule has 0 saturated carbocycles. The molecule has 0 spiro atoms. The molecule has 0 aliphatic carbocycles. The number of carbonyl (C=O) groups is 1. The van der Waals surface area contributed by atoms with Crippen molar-refractivity contribution in [2.75, 3.05) is 31.1 Å². The van der Waals surface area contributed by atoms with Crippen molar-refractivity contribution < 1.29 is 9.53 Å². The molecule has 1 atom stereocenters. The summed E-state index contributed by atoms with van der Waals surface area (Å²) in [4.78, 5) is 18.4. The lowest BCUT2D eigenvalue weighted by Gasteiger charge is -2.39. The van der Waals surface area contributed by atoms with Crippen molar-refractivity contribution in [1.29, 1.82) is 0 Å². The molecule has 0 aromatic heterocycles. The van der Waals surface area contributed by atoms with Crippen LogP contribution in [0.4, 0.5) is 5.69 Å². The van der Waals surface area contributed by atoms with Gasteiger partial charge in [-0.3, -0.25) is 9.69 Å².